The maximum atomic E-state index is 13.8. The molecule has 4 rings (SSSR count). The molecule has 0 atom stereocenters. The predicted octanol–water partition coefficient (Wildman–Crippen LogP) is 5.77. The number of pyridine rings is 1. The average molecular weight is 369 g/mol. The fourth-order valence-corrected chi connectivity index (χ4v) is 4.75. The third-order valence-corrected chi connectivity index (χ3v) is 6.28. The molecule has 0 bridgehead atoms. The van der Waals surface area contributed by atoms with Gasteiger partial charge in [0.25, 0.3) is 0 Å². The van der Waals surface area contributed by atoms with E-state index < -0.39 is 5.60 Å². The van der Waals surface area contributed by atoms with Gasteiger partial charge in [-0.15, -0.1) is 0 Å². The van der Waals surface area contributed by atoms with E-state index in [0.29, 0.717) is 11.8 Å². The van der Waals surface area contributed by atoms with Crippen LogP contribution in [-0.4, -0.2) is 16.6 Å². The molecule has 0 saturated heterocycles. The largest absolute Gasteiger partial charge is 0.460 e. The van der Waals surface area contributed by atoms with E-state index in [2.05, 4.69) is 4.98 Å². The minimum Gasteiger partial charge on any atom is -0.460 e. The Morgan fingerprint density at radius 1 is 1.15 bits per heavy atom. The van der Waals surface area contributed by atoms with Gasteiger partial charge in [-0.2, -0.15) is 0 Å². The zero-order valence-electron chi connectivity index (χ0n) is 16.4. The minimum absolute atomic E-state index is 0.00474. The van der Waals surface area contributed by atoms with Crippen LogP contribution in [0.3, 0.4) is 0 Å². The first kappa shape index (κ1) is 18.4. The van der Waals surface area contributed by atoms with Crippen molar-refractivity contribution in [1.82, 2.24) is 4.98 Å². The number of hydrogen-bond acceptors (Lipinski definition) is 3. The van der Waals surface area contributed by atoms with Crippen LogP contribution >= 0.6 is 0 Å². The lowest BCUT2D eigenvalue weighted by Gasteiger charge is -2.35. The highest BCUT2D eigenvalue weighted by molar-refractivity contribution is 5.83. The van der Waals surface area contributed by atoms with Crippen LogP contribution in [0.4, 0.5) is 4.39 Å². The fraction of sp³-hybridized carbons (Fsp3) is 0.565. The molecule has 2 saturated carbocycles. The number of halogens is 1. The summed E-state index contributed by atoms with van der Waals surface area (Å²) in [6.45, 7) is 5.81. The van der Waals surface area contributed by atoms with E-state index in [4.69, 9.17) is 4.74 Å². The molecule has 2 aliphatic rings. The Hall–Kier alpha value is -1.97. The molecule has 0 unspecified atom stereocenters. The molecule has 4 heteroatoms. The zero-order chi connectivity index (χ0) is 19.2. The average Bonchev–Trinajstić information content (AvgIpc) is 3.42. The van der Waals surface area contributed by atoms with Gasteiger partial charge in [-0.05, 0) is 101 Å². The van der Waals surface area contributed by atoms with Crippen LogP contribution in [-0.2, 0) is 9.53 Å². The number of ether oxygens (including phenoxy) is 1. The Balaban J connectivity index is 1.49. The van der Waals surface area contributed by atoms with Crippen molar-refractivity contribution in [2.45, 2.75) is 70.8 Å². The first-order valence-corrected chi connectivity index (χ1v) is 10.1. The van der Waals surface area contributed by atoms with Crippen molar-refractivity contribution in [1.29, 1.82) is 0 Å². The number of hydrogen-bond donors (Lipinski definition) is 0. The fourth-order valence-electron chi connectivity index (χ4n) is 4.75. The molecule has 3 nitrogen and oxygen atoms in total. The predicted molar refractivity (Wildman–Crippen MR) is 104 cm³/mol. The molecule has 2 fully saturated rings. The molecular weight excluding hydrogens is 341 g/mol. The van der Waals surface area contributed by atoms with Crippen molar-refractivity contribution < 1.29 is 13.9 Å². The standard InChI is InChI=1S/C23H28FNO2/c1-22(2,3)27-21(26)23(11-12-23)16-6-4-15(5-7-16)18-10-13-25-20-9-8-17(24)14-19(18)20/h8-10,13-16H,4-7,11-12H2,1-3H3/t15-,16+. The van der Waals surface area contributed by atoms with Gasteiger partial charge in [-0.3, -0.25) is 9.78 Å². The molecule has 1 aromatic heterocycles. The molecule has 1 aromatic carbocycles. The number of esters is 1. The first-order chi connectivity index (χ1) is 12.8. The van der Waals surface area contributed by atoms with E-state index in [1.54, 1.807) is 12.1 Å². The summed E-state index contributed by atoms with van der Waals surface area (Å²) in [4.78, 5) is 17.1. The van der Waals surface area contributed by atoms with E-state index in [1.807, 2.05) is 33.0 Å². The Kier molecular flexibility index (Phi) is 4.48. The molecule has 2 aliphatic carbocycles. The monoisotopic (exact) mass is 369 g/mol. The Morgan fingerprint density at radius 3 is 2.48 bits per heavy atom. The normalized spacial score (nSPS) is 24.6. The number of fused-ring (bicyclic) bond motifs is 1. The van der Waals surface area contributed by atoms with Gasteiger partial charge in [0.05, 0.1) is 10.9 Å². The van der Waals surface area contributed by atoms with Gasteiger partial charge >= 0.3 is 5.97 Å². The molecule has 0 aliphatic heterocycles. The van der Waals surface area contributed by atoms with Crippen molar-refractivity contribution in [2.24, 2.45) is 11.3 Å². The summed E-state index contributed by atoms with van der Waals surface area (Å²) in [5.74, 6) is 0.596. The highest BCUT2D eigenvalue weighted by Gasteiger charge is 2.57. The molecule has 0 amide bonds. The smallest absolute Gasteiger partial charge is 0.312 e. The maximum Gasteiger partial charge on any atom is 0.312 e. The van der Waals surface area contributed by atoms with Crippen LogP contribution in [0.15, 0.2) is 30.5 Å². The number of nitrogens with zero attached hydrogens (tertiary/aromatic N) is 1. The first-order valence-electron chi connectivity index (χ1n) is 10.1. The van der Waals surface area contributed by atoms with E-state index in [1.165, 1.54) is 11.6 Å². The van der Waals surface area contributed by atoms with Crippen LogP contribution in [0, 0.1) is 17.2 Å². The van der Waals surface area contributed by atoms with Gasteiger partial charge in [0.2, 0.25) is 0 Å². The Labute approximate surface area is 160 Å². The number of carbonyl (C=O) groups is 1. The molecule has 0 spiro atoms. The second-order valence-corrected chi connectivity index (χ2v) is 9.27. The lowest BCUT2D eigenvalue weighted by Crippen LogP contribution is -2.35. The van der Waals surface area contributed by atoms with Crippen LogP contribution < -0.4 is 0 Å². The third kappa shape index (κ3) is 3.59. The summed E-state index contributed by atoms with van der Waals surface area (Å²) < 4.78 is 19.5. The maximum absolute atomic E-state index is 13.8. The summed E-state index contributed by atoms with van der Waals surface area (Å²) >= 11 is 0. The summed E-state index contributed by atoms with van der Waals surface area (Å²) in [5, 5.41) is 0.925. The van der Waals surface area contributed by atoms with Crippen LogP contribution in [0.25, 0.3) is 10.9 Å². The number of carbonyl (C=O) groups excluding carboxylic acids is 1. The quantitative estimate of drug-likeness (QED) is 0.645. The minimum atomic E-state index is -0.427. The van der Waals surface area contributed by atoms with Crippen molar-refractivity contribution in [3.05, 3.63) is 41.8 Å². The van der Waals surface area contributed by atoms with Gasteiger partial charge in [-0.1, -0.05) is 0 Å². The van der Waals surface area contributed by atoms with E-state index >= 15 is 0 Å². The van der Waals surface area contributed by atoms with Gasteiger partial charge in [0.15, 0.2) is 0 Å². The third-order valence-electron chi connectivity index (χ3n) is 6.28. The summed E-state index contributed by atoms with van der Waals surface area (Å²) in [6, 6.07) is 6.86. The van der Waals surface area contributed by atoms with E-state index in [0.717, 1.165) is 49.4 Å². The molecule has 2 aromatic rings. The van der Waals surface area contributed by atoms with Crippen molar-refractivity contribution >= 4 is 16.9 Å². The molecular formula is C23H28FNO2. The Bertz CT molecular complexity index is 858. The highest BCUT2D eigenvalue weighted by Crippen LogP contribution is 2.58. The van der Waals surface area contributed by atoms with E-state index in [9.17, 15) is 9.18 Å². The molecule has 0 N–H and O–H groups in total. The number of aromatic nitrogens is 1. The van der Waals surface area contributed by atoms with Crippen LogP contribution in [0.5, 0.6) is 0 Å². The van der Waals surface area contributed by atoms with Crippen molar-refractivity contribution in [2.75, 3.05) is 0 Å². The highest BCUT2D eigenvalue weighted by atomic mass is 19.1. The van der Waals surface area contributed by atoms with E-state index in [-0.39, 0.29) is 17.2 Å². The SMILES string of the molecule is CC(C)(C)OC(=O)C1([C@H]2CC[C@@H](c3ccnc4ccc(F)cc43)CC2)CC1. The van der Waals surface area contributed by atoms with Crippen molar-refractivity contribution in [3.63, 3.8) is 0 Å². The van der Waals surface area contributed by atoms with Crippen LogP contribution in [0.2, 0.25) is 0 Å². The Morgan fingerprint density at radius 2 is 1.85 bits per heavy atom. The lowest BCUT2D eigenvalue weighted by molar-refractivity contribution is -0.164. The second kappa shape index (κ2) is 6.57. The molecule has 1 heterocycles. The summed E-state index contributed by atoms with van der Waals surface area (Å²) in [5.41, 5.74) is 1.37. The number of rotatable bonds is 3. The van der Waals surface area contributed by atoms with Gasteiger partial charge < -0.3 is 4.74 Å². The van der Waals surface area contributed by atoms with Gasteiger partial charge in [0, 0.05) is 11.6 Å². The lowest BCUT2D eigenvalue weighted by atomic mass is 9.72. The van der Waals surface area contributed by atoms with Gasteiger partial charge in [0.1, 0.15) is 11.4 Å². The topological polar surface area (TPSA) is 39.2 Å². The second-order valence-electron chi connectivity index (χ2n) is 9.27. The molecule has 144 valence electrons. The van der Waals surface area contributed by atoms with Gasteiger partial charge in [-0.25, -0.2) is 4.39 Å². The van der Waals surface area contributed by atoms with Crippen molar-refractivity contribution in [3.8, 4) is 0 Å². The number of benzene rings is 1. The van der Waals surface area contributed by atoms with Crippen LogP contribution in [0.1, 0.15) is 70.8 Å². The zero-order valence-corrected chi connectivity index (χ0v) is 16.4. The molecule has 0 radical (unpaired) electrons. The molecule has 27 heavy (non-hydrogen) atoms. The summed E-state index contributed by atoms with van der Waals surface area (Å²) in [6.07, 6.45) is 7.87. The summed E-state index contributed by atoms with van der Waals surface area (Å²) in [7, 11) is 0.